The van der Waals surface area contributed by atoms with E-state index in [1.54, 1.807) is 0 Å². The fourth-order valence-corrected chi connectivity index (χ4v) is 2.77. The molecule has 0 aromatic carbocycles. The summed E-state index contributed by atoms with van der Waals surface area (Å²) < 4.78 is 5.80. The number of hydrogen-bond acceptors (Lipinski definition) is 4. The summed E-state index contributed by atoms with van der Waals surface area (Å²) >= 11 is 0. The molecule has 0 radical (unpaired) electrons. The molecule has 2 aromatic heterocycles. The van der Waals surface area contributed by atoms with Crippen LogP contribution in [0.2, 0.25) is 0 Å². The summed E-state index contributed by atoms with van der Waals surface area (Å²) in [5.74, 6) is 2.18. The van der Waals surface area contributed by atoms with Crippen molar-refractivity contribution >= 4 is 0 Å². The zero-order valence-corrected chi connectivity index (χ0v) is 12.7. The van der Waals surface area contributed by atoms with Gasteiger partial charge in [-0.1, -0.05) is 6.92 Å². The maximum atomic E-state index is 5.80. The number of pyridine rings is 1. The lowest BCUT2D eigenvalue weighted by Gasteiger charge is -2.34. The molecule has 1 saturated heterocycles. The highest BCUT2D eigenvalue weighted by Gasteiger charge is 2.18. The second-order valence-corrected chi connectivity index (χ2v) is 5.63. The first kappa shape index (κ1) is 14.3. The largest absolute Gasteiger partial charge is 0.465 e. The topological polar surface area (TPSA) is 32.5 Å². The average Bonchev–Trinajstić information content (AvgIpc) is 2.98. The second-order valence-electron chi connectivity index (χ2n) is 5.63. The van der Waals surface area contributed by atoms with E-state index in [4.69, 9.17) is 4.42 Å². The maximum Gasteiger partial charge on any atom is 0.118 e. The lowest BCUT2D eigenvalue weighted by Crippen LogP contribution is -2.45. The van der Waals surface area contributed by atoms with Crippen LogP contribution in [0.15, 0.2) is 41.1 Å². The van der Waals surface area contributed by atoms with E-state index in [0.717, 1.165) is 57.2 Å². The molecule has 0 saturated carbocycles. The van der Waals surface area contributed by atoms with Gasteiger partial charge in [-0.3, -0.25) is 14.8 Å². The van der Waals surface area contributed by atoms with Crippen molar-refractivity contribution in [2.75, 3.05) is 26.2 Å². The van der Waals surface area contributed by atoms with Gasteiger partial charge >= 0.3 is 0 Å². The SMILES string of the molecule is CCc1ccc(CN2CCN(Cc3ccncc3)CC2)o1. The third-order valence-corrected chi connectivity index (χ3v) is 4.07. The van der Waals surface area contributed by atoms with Crippen molar-refractivity contribution in [1.29, 1.82) is 0 Å². The van der Waals surface area contributed by atoms with Crippen molar-refractivity contribution in [2.24, 2.45) is 0 Å². The van der Waals surface area contributed by atoms with E-state index in [0.29, 0.717) is 0 Å². The monoisotopic (exact) mass is 285 g/mol. The molecule has 0 aliphatic carbocycles. The minimum atomic E-state index is 0.934. The number of piperazine rings is 1. The lowest BCUT2D eigenvalue weighted by molar-refractivity contribution is 0.115. The minimum absolute atomic E-state index is 0.934. The molecule has 1 fully saturated rings. The number of furan rings is 1. The van der Waals surface area contributed by atoms with E-state index in [1.165, 1.54) is 5.56 Å². The average molecular weight is 285 g/mol. The van der Waals surface area contributed by atoms with Gasteiger partial charge in [0, 0.05) is 51.5 Å². The van der Waals surface area contributed by atoms with Gasteiger partial charge in [-0.2, -0.15) is 0 Å². The van der Waals surface area contributed by atoms with Crippen LogP contribution >= 0.6 is 0 Å². The summed E-state index contributed by atoms with van der Waals surface area (Å²) in [5.41, 5.74) is 1.34. The number of rotatable bonds is 5. The van der Waals surface area contributed by atoms with Gasteiger partial charge in [-0.15, -0.1) is 0 Å². The molecule has 0 amide bonds. The van der Waals surface area contributed by atoms with Gasteiger partial charge in [-0.25, -0.2) is 0 Å². The van der Waals surface area contributed by atoms with Crippen LogP contribution in [-0.4, -0.2) is 41.0 Å². The van der Waals surface area contributed by atoms with Crippen LogP contribution in [0.3, 0.4) is 0 Å². The first-order chi connectivity index (χ1) is 10.3. The Morgan fingerprint density at radius 2 is 1.52 bits per heavy atom. The van der Waals surface area contributed by atoms with Gasteiger partial charge in [0.15, 0.2) is 0 Å². The molecule has 4 heteroatoms. The lowest BCUT2D eigenvalue weighted by atomic mass is 10.2. The predicted octanol–water partition coefficient (Wildman–Crippen LogP) is 2.55. The summed E-state index contributed by atoms with van der Waals surface area (Å²) in [5, 5.41) is 0. The Morgan fingerprint density at radius 3 is 2.14 bits per heavy atom. The van der Waals surface area contributed by atoms with Crippen LogP contribution in [-0.2, 0) is 19.5 Å². The van der Waals surface area contributed by atoms with Gasteiger partial charge in [0.1, 0.15) is 11.5 Å². The molecule has 1 aliphatic heterocycles. The second kappa shape index (κ2) is 6.87. The summed E-state index contributed by atoms with van der Waals surface area (Å²) in [7, 11) is 0. The fourth-order valence-electron chi connectivity index (χ4n) is 2.77. The van der Waals surface area contributed by atoms with Crippen molar-refractivity contribution in [3.05, 3.63) is 53.7 Å². The quantitative estimate of drug-likeness (QED) is 0.845. The number of aromatic nitrogens is 1. The fraction of sp³-hybridized carbons (Fsp3) is 0.471. The molecular weight excluding hydrogens is 262 g/mol. The molecule has 1 aliphatic rings. The van der Waals surface area contributed by atoms with E-state index in [2.05, 4.69) is 46.0 Å². The highest BCUT2D eigenvalue weighted by molar-refractivity contribution is 5.10. The molecule has 0 bridgehead atoms. The number of aryl methyl sites for hydroxylation is 1. The van der Waals surface area contributed by atoms with E-state index in [-0.39, 0.29) is 0 Å². The Kier molecular flexibility index (Phi) is 4.68. The molecule has 0 N–H and O–H groups in total. The van der Waals surface area contributed by atoms with Gasteiger partial charge in [0.25, 0.3) is 0 Å². The van der Waals surface area contributed by atoms with E-state index >= 15 is 0 Å². The molecule has 2 aromatic rings. The van der Waals surface area contributed by atoms with Crippen LogP contribution in [0.1, 0.15) is 24.0 Å². The first-order valence-electron chi connectivity index (χ1n) is 7.74. The van der Waals surface area contributed by atoms with Gasteiger partial charge in [-0.05, 0) is 29.8 Å². The standard InChI is InChI=1S/C17H23N3O/c1-2-16-3-4-17(21-16)14-20-11-9-19(10-12-20)13-15-5-7-18-8-6-15/h3-8H,2,9-14H2,1H3. The summed E-state index contributed by atoms with van der Waals surface area (Å²) in [6.07, 6.45) is 4.71. The normalized spacial score (nSPS) is 17.2. The molecule has 0 unspecified atom stereocenters. The van der Waals surface area contributed by atoms with Crippen molar-refractivity contribution in [3.8, 4) is 0 Å². The van der Waals surface area contributed by atoms with Crippen molar-refractivity contribution < 1.29 is 4.42 Å². The Hall–Kier alpha value is -1.65. The molecule has 112 valence electrons. The van der Waals surface area contributed by atoms with Gasteiger partial charge < -0.3 is 4.42 Å². The highest BCUT2D eigenvalue weighted by Crippen LogP contribution is 2.14. The molecule has 21 heavy (non-hydrogen) atoms. The Morgan fingerprint density at radius 1 is 0.905 bits per heavy atom. The van der Waals surface area contributed by atoms with E-state index in [1.807, 2.05) is 12.4 Å². The molecule has 4 nitrogen and oxygen atoms in total. The number of nitrogens with zero attached hydrogens (tertiary/aromatic N) is 3. The molecule has 0 atom stereocenters. The molecule has 0 spiro atoms. The zero-order chi connectivity index (χ0) is 14.5. The summed E-state index contributed by atoms with van der Waals surface area (Å²) in [4.78, 5) is 9.05. The first-order valence-corrected chi connectivity index (χ1v) is 7.74. The van der Waals surface area contributed by atoms with Crippen LogP contribution in [0, 0.1) is 0 Å². The summed E-state index contributed by atoms with van der Waals surface area (Å²) in [6, 6.07) is 8.40. The van der Waals surface area contributed by atoms with Crippen LogP contribution in [0.5, 0.6) is 0 Å². The molecular formula is C17H23N3O. The van der Waals surface area contributed by atoms with Crippen molar-refractivity contribution in [1.82, 2.24) is 14.8 Å². The highest BCUT2D eigenvalue weighted by atomic mass is 16.3. The van der Waals surface area contributed by atoms with Crippen LogP contribution < -0.4 is 0 Å². The number of hydrogen-bond donors (Lipinski definition) is 0. The smallest absolute Gasteiger partial charge is 0.118 e. The molecule has 3 rings (SSSR count). The van der Waals surface area contributed by atoms with Gasteiger partial charge in [0.05, 0.1) is 6.54 Å². The third-order valence-electron chi connectivity index (χ3n) is 4.07. The maximum absolute atomic E-state index is 5.80. The van der Waals surface area contributed by atoms with E-state index in [9.17, 15) is 0 Å². The van der Waals surface area contributed by atoms with E-state index < -0.39 is 0 Å². The van der Waals surface area contributed by atoms with Crippen molar-refractivity contribution in [3.63, 3.8) is 0 Å². The third kappa shape index (κ3) is 3.93. The Bertz CT molecular complexity index is 544. The minimum Gasteiger partial charge on any atom is -0.465 e. The van der Waals surface area contributed by atoms with Gasteiger partial charge in [0.2, 0.25) is 0 Å². The Labute approximate surface area is 126 Å². The zero-order valence-electron chi connectivity index (χ0n) is 12.7. The predicted molar refractivity (Wildman–Crippen MR) is 82.9 cm³/mol. The Balaban J connectivity index is 1.46. The van der Waals surface area contributed by atoms with Crippen LogP contribution in [0.4, 0.5) is 0 Å². The molecule has 3 heterocycles. The van der Waals surface area contributed by atoms with Crippen molar-refractivity contribution in [2.45, 2.75) is 26.4 Å². The summed E-state index contributed by atoms with van der Waals surface area (Å²) in [6.45, 7) is 8.52. The van der Waals surface area contributed by atoms with Crippen LogP contribution in [0.25, 0.3) is 0 Å².